The Bertz CT molecular complexity index is 668. The van der Waals surface area contributed by atoms with Crippen LogP contribution in [0.15, 0.2) is 34.9 Å². The number of likely N-dealkylation sites (tertiary alicyclic amines) is 1. The van der Waals surface area contributed by atoms with Gasteiger partial charge in [-0.3, -0.25) is 9.59 Å². The first-order chi connectivity index (χ1) is 9.65. The second-order valence-corrected chi connectivity index (χ2v) is 5.90. The number of hydrogen-bond donors (Lipinski definition) is 0. The molecule has 1 aliphatic heterocycles. The van der Waals surface area contributed by atoms with Crippen LogP contribution in [0, 0.1) is 0 Å². The normalized spacial score (nSPS) is 15.8. The number of halogens is 1. The lowest BCUT2D eigenvalue weighted by Crippen LogP contribution is -2.40. The van der Waals surface area contributed by atoms with E-state index in [4.69, 9.17) is 0 Å². The third-order valence-electron chi connectivity index (χ3n) is 3.72. The van der Waals surface area contributed by atoms with Crippen LogP contribution in [0.25, 0.3) is 10.9 Å². The molecule has 2 aromatic rings. The van der Waals surface area contributed by atoms with E-state index in [0.717, 1.165) is 15.4 Å². The van der Waals surface area contributed by atoms with Gasteiger partial charge in [0.15, 0.2) is 0 Å². The fourth-order valence-electron chi connectivity index (χ4n) is 2.58. The number of rotatable bonds is 2. The maximum absolute atomic E-state index is 12.3. The smallest absolute Gasteiger partial charge is 0.242 e. The number of carbonyl (C=O) groups is 2. The molecular formula is C15H15BrN2O2. The van der Waals surface area contributed by atoms with Gasteiger partial charge in [0.25, 0.3) is 0 Å². The maximum Gasteiger partial charge on any atom is 0.242 e. The monoisotopic (exact) mass is 334 g/mol. The molecule has 0 aliphatic carbocycles. The highest BCUT2D eigenvalue weighted by Crippen LogP contribution is 2.26. The zero-order chi connectivity index (χ0) is 14.1. The Balaban J connectivity index is 1.79. The van der Waals surface area contributed by atoms with Crippen LogP contribution >= 0.6 is 15.9 Å². The van der Waals surface area contributed by atoms with Crippen LogP contribution < -0.4 is 0 Å². The number of piperidine rings is 1. The average molecular weight is 335 g/mol. The summed E-state index contributed by atoms with van der Waals surface area (Å²) in [7, 11) is 0. The minimum Gasteiger partial charge on any atom is -0.340 e. The van der Waals surface area contributed by atoms with Crippen LogP contribution in [-0.4, -0.2) is 34.2 Å². The molecule has 0 N–H and O–H groups in total. The molecule has 1 aliphatic rings. The third-order valence-corrected chi connectivity index (χ3v) is 4.35. The summed E-state index contributed by atoms with van der Waals surface area (Å²) in [6.07, 6.45) is 2.92. The summed E-state index contributed by atoms with van der Waals surface area (Å²) in [6, 6.07) is 7.98. The van der Waals surface area contributed by atoms with E-state index in [-0.39, 0.29) is 11.7 Å². The summed E-state index contributed by atoms with van der Waals surface area (Å²) in [4.78, 5) is 25.3. The lowest BCUT2D eigenvalue weighted by molar-refractivity contribution is -0.135. The minimum atomic E-state index is 0.0748. The topological polar surface area (TPSA) is 42.3 Å². The molecule has 1 saturated heterocycles. The minimum absolute atomic E-state index is 0.0748. The van der Waals surface area contributed by atoms with Gasteiger partial charge < -0.3 is 9.47 Å². The molecule has 104 valence electrons. The molecule has 3 rings (SSSR count). The van der Waals surface area contributed by atoms with Crippen molar-refractivity contribution in [2.45, 2.75) is 19.4 Å². The Hall–Kier alpha value is -1.62. The summed E-state index contributed by atoms with van der Waals surface area (Å²) >= 11 is 3.52. The summed E-state index contributed by atoms with van der Waals surface area (Å²) in [5.74, 6) is 0.328. The highest BCUT2D eigenvalue weighted by Gasteiger charge is 2.21. The van der Waals surface area contributed by atoms with E-state index < -0.39 is 0 Å². The van der Waals surface area contributed by atoms with Crippen molar-refractivity contribution < 1.29 is 9.59 Å². The average Bonchev–Trinajstić information content (AvgIpc) is 2.77. The van der Waals surface area contributed by atoms with Crippen molar-refractivity contribution in [2.75, 3.05) is 13.1 Å². The van der Waals surface area contributed by atoms with E-state index in [1.807, 2.05) is 35.0 Å². The van der Waals surface area contributed by atoms with Gasteiger partial charge in [-0.1, -0.05) is 18.2 Å². The summed E-state index contributed by atoms with van der Waals surface area (Å²) < 4.78 is 2.95. The number of ketones is 1. The van der Waals surface area contributed by atoms with Crippen LogP contribution in [0.4, 0.5) is 0 Å². The molecule has 1 fully saturated rings. The number of para-hydroxylation sites is 1. The molecule has 5 heteroatoms. The first-order valence-electron chi connectivity index (χ1n) is 6.68. The molecule has 1 aromatic heterocycles. The molecule has 1 aromatic carbocycles. The predicted octanol–water partition coefficient (Wildman–Crippen LogP) is 2.60. The molecule has 20 heavy (non-hydrogen) atoms. The van der Waals surface area contributed by atoms with E-state index in [1.165, 1.54) is 0 Å². The molecule has 0 saturated carbocycles. The largest absolute Gasteiger partial charge is 0.340 e. The van der Waals surface area contributed by atoms with Gasteiger partial charge in [0.1, 0.15) is 12.3 Å². The molecular weight excluding hydrogens is 320 g/mol. The van der Waals surface area contributed by atoms with Gasteiger partial charge in [-0.05, 0) is 22.0 Å². The van der Waals surface area contributed by atoms with Gasteiger partial charge in [0.05, 0.1) is 0 Å². The standard InChI is InChI=1S/C15H15BrN2O2/c16-13-9-18(14-4-2-1-3-12(13)14)10-15(20)17-7-5-11(19)6-8-17/h1-4,9H,5-8,10H2. The zero-order valence-corrected chi connectivity index (χ0v) is 12.6. The van der Waals surface area contributed by atoms with E-state index in [1.54, 1.807) is 4.90 Å². The van der Waals surface area contributed by atoms with Gasteiger partial charge in [0, 0.05) is 47.5 Å². The molecule has 0 spiro atoms. The first-order valence-corrected chi connectivity index (χ1v) is 7.47. The van der Waals surface area contributed by atoms with Crippen LogP contribution in [0.2, 0.25) is 0 Å². The van der Waals surface area contributed by atoms with Crippen molar-refractivity contribution in [3.05, 3.63) is 34.9 Å². The Morgan fingerprint density at radius 2 is 1.90 bits per heavy atom. The van der Waals surface area contributed by atoms with Gasteiger partial charge >= 0.3 is 0 Å². The molecule has 0 radical (unpaired) electrons. The number of hydrogen-bond acceptors (Lipinski definition) is 2. The Morgan fingerprint density at radius 1 is 1.20 bits per heavy atom. The molecule has 0 atom stereocenters. The first kappa shape index (κ1) is 13.4. The fraction of sp³-hybridized carbons (Fsp3) is 0.333. The van der Waals surface area contributed by atoms with Crippen molar-refractivity contribution >= 4 is 38.5 Å². The summed E-state index contributed by atoms with van der Waals surface area (Å²) in [5.41, 5.74) is 1.04. The van der Waals surface area contributed by atoms with Crippen molar-refractivity contribution in [2.24, 2.45) is 0 Å². The number of aromatic nitrogens is 1. The van der Waals surface area contributed by atoms with Crippen molar-refractivity contribution in [3.8, 4) is 0 Å². The number of fused-ring (bicyclic) bond motifs is 1. The Morgan fingerprint density at radius 3 is 2.65 bits per heavy atom. The lowest BCUT2D eigenvalue weighted by Gasteiger charge is -2.26. The van der Waals surface area contributed by atoms with Gasteiger partial charge in [0.2, 0.25) is 5.91 Å². The lowest BCUT2D eigenvalue weighted by atomic mass is 10.1. The van der Waals surface area contributed by atoms with E-state index in [0.29, 0.717) is 32.5 Å². The zero-order valence-electron chi connectivity index (χ0n) is 11.0. The molecule has 0 bridgehead atoms. The van der Waals surface area contributed by atoms with Crippen molar-refractivity contribution in [1.82, 2.24) is 9.47 Å². The predicted molar refractivity (Wildman–Crippen MR) is 80.5 cm³/mol. The second kappa shape index (κ2) is 5.40. The quantitative estimate of drug-likeness (QED) is 0.847. The number of amides is 1. The maximum atomic E-state index is 12.3. The summed E-state index contributed by atoms with van der Waals surface area (Å²) in [5, 5.41) is 1.11. The van der Waals surface area contributed by atoms with Crippen LogP contribution in [0.3, 0.4) is 0 Å². The van der Waals surface area contributed by atoms with Crippen molar-refractivity contribution in [3.63, 3.8) is 0 Å². The molecule has 2 heterocycles. The van der Waals surface area contributed by atoms with Crippen LogP contribution in [0.5, 0.6) is 0 Å². The number of benzene rings is 1. The second-order valence-electron chi connectivity index (χ2n) is 5.04. The number of nitrogens with zero attached hydrogens (tertiary/aromatic N) is 2. The van der Waals surface area contributed by atoms with Gasteiger partial charge in [-0.25, -0.2) is 0 Å². The van der Waals surface area contributed by atoms with E-state index in [2.05, 4.69) is 15.9 Å². The van der Waals surface area contributed by atoms with Crippen LogP contribution in [0.1, 0.15) is 12.8 Å². The summed E-state index contributed by atoms with van der Waals surface area (Å²) in [6.45, 7) is 1.43. The van der Waals surface area contributed by atoms with Gasteiger partial charge in [-0.2, -0.15) is 0 Å². The Labute approximate surface area is 125 Å². The SMILES string of the molecule is O=C1CCN(C(=O)Cn2cc(Br)c3ccccc32)CC1. The Kier molecular flexibility index (Phi) is 3.61. The number of carbonyl (C=O) groups excluding carboxylic acids is 2. The number of Topliss-reactive ketones (excluding diaryl/α,β-unsaturated/α-hetero) is 1. The van der Waals surface area contributed by atoms with E-state index in [9.17, 15) is 9.59 Å². The highest BCUT2D eigenvalue weighted by atomic mass is 79.9. The van der Waals surface area contributed by atoms with Crippen molar-refractivity contribution in [1.29, 1.82) is 0 Å². The third kappa shape index (κ3) is 2.50. The molecule has 1 amide bonds. The molecule has 0 unspecified atom stereocenters. The van der Waals surface area contributed by atoms with Crippen LogP contribution in [-0.2, 0) is 16.1 Å². The van der Waals surface area contributed by atoms with E-state index >= 15 is 0 Å². The van der Waals surface area contributed by atoms with Gasteiger partial charge in [-0.15, -0.1) is 0 Å². The highest BCUT2D eigenvalue weighted by molar-refractivity contribution is 9.10. The molecule has 4 nitrogen and oxygen atoms in total. The fourth-order valence-corrected chi connectivity index (χ4v) is 3.17.